The fraction of sp³-hybridized carbons (Fsp3) is 0.250. The maximum atomic E-state index is 13.7. The Morgan fingerprint density at radius 2 is 1.88 bits per heavy atom. The molecule has 2 aromatic carbocycles. The minimum atomic E-state index is -0.899. The highest BCUT2D eigenvalue weighted by Crippen LogP contribution is 2.16. The third-order valence-corrected chi connectivity index (χ3v) is 4.89. The van der Waals surface area contributed by atoms with E-state index >= 15 is 0 Å². The summed E-state index contributed by atoms with van der Waals surface area (Å²) in [6.07, 6.45) is 0.678. The number of nitrogens with zero attached hydrogens (tertiary/aromatic N) is 2. The van der Waals surface area contributed by atoms with Crippen LogP contribution in [0.5, 0.6) is 5.75 Å². The minimum absolute atomic E-state index is 0.165. The maximum absolute atomic E-state index is 13.7. The molecule has 0 bridgehead atoms. The van der Waals surface area contributed by atoms with Gasteiger partial charge in [-0.3, -0.25) is 0 Å². The van der Waals surface area contributed by atoms with Crippen molar-refractivity contribution in [3.63, 3.8) is 0 Å². The monoisotopic (exact) mass is 438 g/mol. The molecule has 0 aliphatic heterocycles. The molecule has 32 heavy (non-hydrogen) atoms. The lowest BCUT2D eigenvalue weighted by molar-refractivity contribution is 0.148. The first-order valence-corrected chi connectivity index (χ1v) is 10.1. The molecule has 0 fully saturated rings. The molecule has 3 N–H and O–H groups in total. The van der Waals surface area contributed by atoms with Crippen molar-refractivity contribution >= 4 is 5.82 Å². The van der Waals surface area contributed by atoms with Crippen molar-refractivity contribution in [2.45, 2.75) is 25.1 Å². The third-order valence-electron chi connectivity index (χ3n) is 4.89. The summed E-state index contributed by atoms with van der Waals surface area (Å²) in [4.78, 5) is 4.17. The topological polar surface area (TPSA) is 90.2 Å². The van der Waals surface area contributed by atoms with Gasteiger partial charge in [0.15, 0.2) is 0 Å². The van der Waals surface area contributed by atoms with Gasteiger partial charge < -0.3 is 20.5 Å². The number of aromatic nitrogens is 1. The van der Waals surface area contributed by atoms with Gasteiger partial charge in [-0.2, -0.15) is 5.26 Å². The number of hydrogen-bond donors (Lipinski definition) is 3. The number of nitrogens with one attached hydrogen (secondary N) is 2. The van der Waals surface area contributed by atoms with Gasteiger partial charge in [0.2, 0.25) is 0 Å². The van der Waals surface area contributed by atoms with Crippen LogP contribution >= 0.6 is 0 Å². The Morgan fingerprint density at radius 1 is 1.09 bits per heavy atom. The van der Waals surface area contributed by atoms with E-state index in [0.29, 0.717) is 23.5 Å². The van der Waals surface area contributed by atoms with Crippen LogP contribution in [0.15, 0.2) is 60.8 Å². The SMILES string of the molecule is COc1cccc(CNC[C@@H](O)[C@H](Cc2cc(F)cc(F)c2)Nc2ccc(C#N)cn2)c1. The molecule has 6 nitrogen and oxygen atoms in total. The van der Waals surface area contributed by atoms with Crippen LogP contribution in [0.1, 0.15) is 16.7 Å². The molecule has 8 heteroatoms. The average molecular weight is 438 g/mol. The van der Waals surface area contributed by atoms with Crippen LogP contribution in [0.25, 0.3) is 0 Å². The summed E-state index contributed by atoms with van der Waals surface area (Å²) >= 11 is 0. The minimum Gasteiger partial charge on any atom is -0.497 e. The van der Waals surface area contributed by atoms with Crippen molar-refractivity contribution in [2.24, 2.45) is 0 Å². The van der Waals surface area contributed by atoms with Crippen LogP contribution in [0.4, 0.5) is 14.6 Å². The fourth-order valence-electron chi connectivity index (χ4n) is 3.29. The van der Waals surface area contributed by atoms with Gasteiger partial charge in [-0.1, -0.05) is 12.1 Å². The van der Waals surface area contributed by atoms with Crippen LogP contribution in [-0.2, 0) is 13.0 Å². The number of aliphatic hydroxyl groups is 1. The number of halogens is 2. The van der Waals surface area contributed by atoms with E-state index in [9.17, 15) is 13.9 Å². The van der Waals surface area contributed by atoms with Crippen molar-refractivity contribution in [3.8, 4) is 11.8 Å². The molecule has 1 aromatic heterocycles. The number of methoxy groups -OCH3 is 1. The van der Waals surface area contributed by atoms with Crippen molar-refractivity contribution < 1.29 is 18.6 Å². The zero-order valence-electron chi connectivity index (χ0n) is 17.6. The Hall–Kier alpha value is -3.54. The molecule has 0 spiro atoms. The summed E-state index contributed by atoms with van der Waals surface area (Å²) in [6.45, 7) is 0.730. The van der Waals surface area contributed by atoms with Gasteiger partial charge >= 0.3 is 0 Å². The highest BCUT2D eigenvalue weighted by molar-refractivity contribution is 5.40. The molecule has 3 rings (SSSR count). The van der Waals surface area contributed by atoms with E-state index in [0.717, 1.165) is 17.4 Å². The van der Waals surface area contributed by atoms with Crippen molar-refractivity contribution in [1.82, 2.24) is 10.3 Å². The number of pyridine rings is 1. The van der Waals surface area contributed by atoms with E-state index < -0.39 is 23.8 Å². The summed E-state index contributed by atoms with van der Waals surface area (Å²) in [6, 6.07) is 15.5. The first-order chi connectivity index (χ1) is 15.5. The highest BCUT2D eigenvalue weighted by atomic mass is 19.1. The number of nitriles is 1. The molecule has 0 saturated heterocycles. The lowest BCUT2D eigenvalue weighted by Gasteiger charge is -2.25. The molecule has 0 amide bonds. The Labute approximate surface area is 185 Å². The Kier molecular flexibility index (Phi) is 8.08. The lowest BCUT2D eigenvalue weighted by atomic mass is 10.0. The van der Waals surface area contributed by atoms with Crippen molar-refractivity contribution in [2.75, 3.05) is 19.0 Å². The zero-order valence-corrected chi connectivity index (χ0v) is 17.6. The molecule has 0 aliphatic rings. The largest absolute Gasteiger partial charge is 0.497 e. The van der Waals surface area contributed by atoms with Gasteiger partial charge in [0.25, 0.3) is 0 Å². The van der Waals surface area contributed by atoms with E-state index in [1.165, 1.54) is 18.3 Å². The normalized spacial score (nSPS) is 12.6. The number of ether oxygens (including phenoxy) is 1. The number of anilines is 1. The molecule has 0 unspecified atom stereocenters. The summed E-state index contributed by atoms with van der Waals surface area (Å²) in [5.74, 6) is -0.177. The second-order valence-corrected chi connectivity index (χ2v) is 7.33. The first kappa shape index (κ1) is 23.1. The van der Waals surface area contributed by atoms with Gasteiger partial charge in [-0.25, -0.2) is 13.8 Å². The predicted octanol–water partition coefficient (Wildman–Crippen LogP) is 3.41. The van der Waals surface area contributed by atoms with Crippen LogP contribution in [0.3, 0.4) is 0 Å². The van der Waals surface area contributed by atoms with E-state index in [-0.39, 0.29) is 13.0 Å². The number of aliphatic hydroxyl groups excluding tert-OH is 1. The lowest BCUT2D eigenvalue weighted by Crippen LogP contribution is -2.42. The smallest absolute Gasteiger partial charge is 0.126 e. The first-order valence-electron chi connectivity index (χ1n) is 10.1. The second-order valence-electron chi connectivity index (χ2n) is 7.33. The quantitative estimate of drug-likeness (QED) is 0.450. The highest BCUT2D eigenvalue weighted by Gasteiger charge is 2.21. The van der Waals surface area contributed by atoms with E-state index in [2.05, 4.69) is 15.6 Å². The van der Waals surface area contributed by atoms with Gasteiger partial charge in [0, 0.05) is 25.4 Å². The Bertz CT molecular complexity index is 1050. The van der Waals surface area contributed by atoms with Gasteiger partial charge in [-0.15, -0.1) is 0 Å². The fourth-order valence-corrected chi connectivity index (χ4v) is 3.29. The summed E-state index contributed by atoms with van der Waals surface area (Å²) in [7, 11) is 1.60. The average Bonchev–Trinajstić information content (AvgIpc) is 2.78. The second kappa shape index (κ2) is 11.2. The Balaban J connectivity index is 1.69. The van der Waals surface area contributed by atoms with E-state index in [1.807, 2.05) is 30.3 Å². The van der Waals surface area contributed by atoms with E-state index in [4.69, 9.17) is 10.00 Å². The zero-order chi connectivity index (χ0) is 22.9. The van der Waals surface area contributed by atoms with Gasteiger partial charge in [0.1, 0.15) is 29.3 Å². The standard InChI is InChI=1S/C24H24F2N4O2/c1-32-21-4-2-3-16(9-21)13-28-15-23(31)22(10-18-7-19(25)11-20(26)8-18)30-24-6-5-17(12-27)14-29-24/h2-9,11,14,22-23,28,31H,10,13,15H2,1H3,(H,29,30)/t22-,23+/m0/s1. The predicted molar refractivity (Wildman–Crippen MR) is 117 cm³/mol. The van der Waals surface area contributed by atoms with Crippen LogP contribution in [0.2, 0.25) is 0 Å². The summed E-state index contributed by atoms with van der Waals surface area (Å²) < 4.78 is 32.5. The number of rotatable bonds is 10. The number of hydrogen-bond acceptors (Lipinski definition) is 6. The molecule has 0 aliphatic carbocycles. The molecule has 0 radical (unpaired) electrons. The van der Waals surface area contributed by atoms with E-state index in [1.54, 1.807) is 19.2 Å². The van der Waals surface area contributed by atoms with Crippen LogP contribution in [0, 0.1) is 23.0 Å². The molecule has 2 atom stereocenters. The van der Waals surface area contributed by atoms with Gasteiger partial charge in [-0.05, 0) is 53.9 Å². The number of benzene rings is 2. The molecular weight excluding hydrogens is 414 g/mol. The summed E-state index contributed by atoms with van der Waals surface area (Å²) in [5, 5.41) is 26.1. The molecule has 3 aromatic rings. The molecular formula is C24H24F2N4O2. The summed E-state index contributed by atoms with van der Waals surface area (Å²) in [5.41, 5.74) is 1.79. The van der Waals surface area contributed by atoms with Crippen LogP contribution < -0.4 is 15.4 Å². The van der Waals surface area contributed by atoms with Crippen molar-refractivity contribution in [3.05, 3.63) is 89.1 Å². The van der Waals surface area contributed by atoms with Crippen molar-refractivity contribution in [1.29, 1.82) is 5.26 Å². The van der Waals surface area contributed by atoms with Gasteiger partial charge in [0.05, 0.1) is 24.8 Å². The molecule has 1 heterocycles. The molecule has 166 valence electrons. The Morgan fingerprint density at radius 3 is 2.53 bits per heavy atom. The maximum Gasteiger partial charge on any atom is 0.126 e. The third kappa shape index (κ3) is 6.74. The van der Waals surface area contributed by atoms with Crippen LogP contribution in [-0.4, -0.2) is 35.9 Å². The molecule has 0 saturated carbocycles.